The molecule has 4 rings (SSSR count). The largest absolute Gasteiger partial charge is 0.434 e. The summed E-state index contributed by atoms with van der Waals surface area (Å²) in [6.45, 7) is 0.572. The first kappa shape index (κ1) is 23.3. The first-order valence-electron chi connectivity index (χ1n) is 9.92. The molecule has 32 heavy (non-hydrogen) atoms. The molecule has 0 aromatic carbocycles. The first-order chi connectivity index (χ1) is 14.9. The summed E-state index contributed by atoms with van der Waals surface area (Å²) in [7, 11) is -3.30. The van der Waals surface area contributed by atoms with E-state index in [2.05, 4.69) is 20.3 Å². The summed E-state index contributed by atoms with van der Waals surface area (Å²) in [5, 5.41) is 12.6. The maximum absolute atomic E-state index is 14.5. The van der Waals surface area contributed by atoms with E-state index in [1.54, 1.807) is 0 Å². The minimum atomic E-state index is -4.80. The lowest BCUT2D eigenvalue weighted by Gasteiger charge is -2.30. The SMILES string of the molecule is CS(=O)(=O)N1CCC(Nc2ncc(F)c(-c3sc([C@H]4C[C@H](O)C4)nc3C(F)(F)F)n2)CC1. The van der Waals surface area contributed by atoms with Crippen molar-refractivity contribution in [1.82, 2.24) is 19.3 Å². The Kier molecular flexibility index (Phi) is 6.15. The van der Waals surface area contributed by atoms with Crippen LogP contribution < -0.4 is 5.32 Å². The average molecular weight is 496 g/mol. The van der Waals surface area contributed by atoms with Crippen LogP contribution in [-0.2, 0) is 16.2 Å². The van der Waals surface area contributed by atoms with E-state index in [9.17, 15) is 31.1 Å². The number of sulfonamides is 1. The second kappa shape index (κ2) is 8.47. The van der Waals surface area contributed by atoms with Crippen LogP contribution in [0.15, 0.2) is 6.20 Å². The number of hydrogen-bond acceptors (Lipinski definition) is 8. The summed E-state index contributed by atoms with van der Waals surface area (Å²) in [4.78, 5) is 11.1. The zero-order valence-electron chi connectivity index (χ0n) is 16.9. The fourth-order valence-corrected chi connectivity index (χ4v) is 5.84. The van der Waals surface area contributed by atoms with E-state index in [1.165, 1.54) is 4.31 Å². The van der Waals surface area contributed by atoms with Gasteiger partial charge in [-0.1, -0.05) is 0 Å². The lowest BCUT2D eigenvalue weighted by molar-refractivity contribution is -0.140. The number of alkyl halides is 3. The van der Waals surface area contributed by atoms with Gasteiger partial charge in [0.15, 0.2) is 11.5 Å². The molecule has 8 nitrogen and oxygen atoms in total. The van der Waals surface area contributed by atoms with Crippen molar-refractivity contribution in [3.63, 3.8) is 0 Å². The van der Waals surface area contributed by atoms with Crippen molar-refractivity contribution in [2.75, 3.05) is 24.7 Å². The van der Waals surface area contributed by atoms with Crippen LogP contribution >= 0.6 is 11.3 Å². The van der Waals surface area contributed by atoms with Crippen molar-refractivity contribution in [1.29, 1.82) is 0 Å². The molecular formula is C18H21F4N5O3S2. The van der Waals surface area contributed by atoms with Gasteiger partial charge in [-0.25, -0.2) is 32.1 Å². The number of thiazole rings is 1. The Balaban J connectivity index is 1.58. The Morgan fingerprint density at radius 3 is 2.44 bits per heavy atom. The summed E-state index contributed by atoms with van der Waals surface area (Å²) in [5.74, 6) is -1.34. The standard InChI is InChI=1S/C18H21F4N5O3S2/c1-32(29,30)27-4-2-10(3-5-27)24-17-23-8-12(19)13(25-17)14-15(18(20,21)22)26-16(31-14)9-6-11(28)7-9/h8-11,28H,2-7H2,1H3,(H,23,24,25)/t9-,11-. The van der Waals surface area contributed by atoms with Gasteiger partial charge >= 0.3 is 6.18 Å². The monoisotopic (exact) mass is 495 g/mol. The van der Waals surface area contributed by atoms with E-state index < -0.39 is 44.4 Å². The van der Waals surface area contributed by atoms with E-state index in [-0.39, 0.29) is 36.0 Å². The van der Waals surface area contributed by atoms with Crippen molar-refractivity contribution >= 4 is 27.3 Å². The molecule has 176 valence electrons. The van der Waals surface area contributed by atoms with E-state index in [0.717, 1.165) is 23.8 Å². The number of hydrogen-bond donors (Lipinski definition) is 2. The maximum atomic E-state index is 14.5. The van der Waals surface area contributed by atoms with E-state index in [0.29, 0.717) is 25.7 Å². The third-order valence-corrected chi connectivity index (χ3v) is 8.12. The molecular weight excluding hydrogens is 474 g/mol. The van der Waals surface area contributed by atoms with E-state index in [1.807, 2.05) is 0 Å². The molecule has 0 spiro atoms. The summed E-state index contributed by atoms with van der Waals surface area (Å²) in [6.07, 6.45) is -1.90. The summed E-state index contributed by atoms with van der Waals surface area (Å²) in [5.41, 5.74) is -1.70. The molecule has 2 aromatic rings. The molecule has 3 heterocycles. The Morgan fingerprint density at radius 2 is 1.88 bits per heavy atom. The van der Waals surface area contributed by atoms with Gasteiger partial charge in [-0.3, -0.25) is 0 Å². The molecule has 0 atom stereocenters. The van der Waals surface area contributed by atoms with Gasteiger partial charge in [-0.2, -0.15) is 13.2 Å². The van der Waals surface area contributed by atoms with Crippen LogP contribution in [0.5, 0.6) is 0 Å². The molecule has 14 heteroatoms. The lowest BCUT2D eigenvalue weighted by Crippen LogP contribution is -2.42. The minimum absolute atomic E-state index is 0.0404. The maximum Gasteiger partial charge on any atom is 0.434 e. The van der Waals surface area contributed by atoms with Gasteiger partial charge in [-0.15, -0.1) is 11.3 Å². The predicted molar refractivity (Wildman–Crippen MR) is 109 cm³/mol. The number of rotatable bonds is 5. The van der Waals surface area contributed by atoms with Crippen LogP contribution in [0.2, 0.25) is 0 Å². The van der Waals surface area contributed by atoms with Crippen LogP contribution in [0.1, 0.15) is 42.3 Å². The highest BCUT2D eigenvalue weighted by molar-refractivity contribution is 7.88. The molecule has 2 N–H and O–H groups in total. The predicted octanol–water partition coefficient (Wildman–Crippen LogP) is 2.83. The van der Waals surface area contributed by atoms with E-state index >= 15 is 0 Å². The van der Waals surface area contributed by atoms with Crippen LogP contribution in [0.4, 0.5) is 23.5 Å². The zero-order valence-corrected chi connectivity index (χ0v) is 18.6. The Labute approximate surface area is 185 Å². The highest BCUT2D eigenvalue weighted by Crippen LogP contribution is 2.46. The van der Waals surface area contributed by atoms with Gasteiger partial charge in [0.25, 0.3) is 0 Å². The second-order valence-electron chi connectivity index (χ2n) is 8.02. The van der Waals surface area contributed by atoms with Crippen LogP contribution in [0.3, 0.4) is 0 Å². The third-order valence-electron chi connectivity index (χ3n) is 5.59. The van der Waals surface area contributed by atoms with Crippen molar-refractivity contribution in [2.45, 2.75) is 49.9 Å². The number of halogens is 4. The molecule has 0 bridgehead atoms. The van der Waals surface area contributed by atoms with Crippen LogP contribution in [0, 0.1) is 5.82 Å². The number of nitrogens with one attached hydrogen (secondary N) is 1. The smallest absolute Gasteiger partial charge is 0.393 e. The quantitative estimate of drug-likeness (QED) is 0.614. The summed E-state index contributed by atoms with van der Waals surface area (Å²) in [6, 6.07) is -0.207. The third kappa shape index (κ3) is 4.87. The number of nitrogens with zero attached hydrogens (tertiary/aromatic N) is 4. The van der Waals surface area contributed by atoms with Gasteiger partial charge in [0.05, 0.1) is 28.4 Å². The number of piperidine rings is 1. The average Bonchev–Trinajstić information content (AvgIpc) is 3.12. The lowest BCUT2D eigenvalue weighted by atomic mass is 9.83. The normalized spacial score (nSPS) is 23.2. The molecule has 2 aromatic heterocycles. The highest BCUT2D eigenvalue weighted by atomic mass is 32.2. The van der Waals surface area contributed by atoms with Gasteiger partial charge in [0, 0.05) is 25.0 Å². The molecule has 1 saturated heterocycles. The summed E-state index contributed by atoms with van der Waals surface area (Å²) >= 11 is 0.724. The van der Waals surface area contributed by atoms with Crippen molar-refractivity contribution < 1.29 is 31.1 Å². The van der Waals surface area contributed by atoms with Gasteiger partial charge in [-0.05, 0) is 25.7 Å². The molecule has 1 saturated carbocycles. The van der Waals surface area contributed by atoms with Crippen molar-refractivity contribution in [2.24, 2.45) is 0 Å². The minimum Gasteiger partial charge on any atom is -0.393 e. The number of aliphatic hydroxyl groups excluding tert-OH is 1. The van der Waals surface area contributed by atoms with Crippen LogP contribution in [-0.4, -0.2) is 64.3 Å². The molecule has 2 aliphatic rings. The fourth-order valence-electron chi connectivity index (χ4n) is 3.76. The Hall–Kier alpha value is -1.90. The molecule has 1 aliphatic heterocycles. The topological polar surface area (TPSA) is 108 Å². The Bertz CT molecular complexity index is 1090. The molecule has 0 amide bonds. The number of aromatic nitrogens is 3. The van der Waals surface area contributed by atoms with Crippen molar-refractivity contribution in [3.8, 4) is 10.6 Å². The number of aliphatic hydroxyl groups is 1. The summed E-state index contributed by atoms with van der Waals surface area (Å²) < 4.78 is 79.9. The van der Waals surface area contributed by atoms with E-state index in [4.69, 9.17) is 0 Å². The molecule has 1 aliphatic carbocycles. The van der Waals surface area contributed by atoms with Crippen LogP contribution in [0.25, 0.3) is 10.6 Å². The van der Waals surface area contributed by atoms with Crippen molar-refractivity contribution in [3.05, 3.63) is 22.7 Å². The Morgan fingerprint density at radius 1 is 1.22 bits per heavy atom. The second-order valence-corrected chi connectivity index (χ2v) is 11.0. The molecule has 0 unspecified atom stereocenters. The molecule has 0 radical (unpaired) electrons. The molecule has 2 fully saturated rings. The zero-order chi connectivity index (χ0) is 23.3. The highest BCUT2D eigenvalue weighted by Gasteiger charge is 2.41. The van der Waals surface area contributed by atoms with Gasteiger partial charge < -0.3 is 10.4 Å². The van der Waals surface area contributed by atoms with Gasteiger partial charge in [0.1, 0.15) is 5.69 Å². The first-order valence-corrected chi connectivity index (χ1v) is 12.6. The number of anilines is 1. The van der Waals surface area contributed by atoms with Gasteiger partial charge in [0.2, 0.25) is 16.0 Å². The fraction of sp³-hybridized carbons (Fsp3) is 0.611.